The summed E-state index contributed by atoms with van der Waals surface area (Å²) in [6.45, 7) is 1.62. The molecule has 10 heteroatoms. The molecule has 0 aromatic heterocycles. The number of likely N-dealkylation sites (N-methyl/N-ethyl adjacent to an activating group) is 1. The van der Waals surface area contributed by atoms with Crippen molar-refractivity contribution in [2.45, 2.75) is 30.2 Å². The smallest absolute Gasteiger partial charge is 0.262 e. The highest BCUT2D eigenvalue weighted by atomic mass is 35.5. The molecule has 29 heavy (non-hydrogen) atoms. The number of rotatable bonds is 6. The van der Waals surface area contributed by atoms with Crippen molar-refractivity contribution < 1.29 is 17.2 Å². The molecule has 1 aliphatic heterocycles. The fourth-order valence-corrected chi connectivity index (χ4v) is 4.84. The summed E-state index contributed by atoms with van der Waals surface area (Å²) in [6.07, 6.45) is -0.520. The zero-order chi connectivity index (χ0) is 21.4. The lowest BCUT2D eigenvalue weighted by Crippen LogP contribution is -2.36. The summed E-state index contributed by atoms with van der Waals surface area (Å²) in [5.41, 5.74) is 0.00000528. The van der Waals surface area contributed by atoms with Crippen LogP contribution in [0.25, 0.3) is 0 Å². The molecule has 5 nitrogen and oxygen atoms in total. The number of sulfonamides is 1. The molecule has 3 rings (SSSR count). The van der Waals surface area contributed by atoms with Gasteiger partial charge in [-0.1, -0.05) is 36.2 Å². The molecule has 2 aromatic carbocycles. The molecule has 0 bridgehead atoms. The van der Waals surface area contributed by atoms with Crippen LogP contribution in [0, 0.1) is 5.41 Å². The van der Waals surface area contributed by atoms with E-state index in [-0.39, 0.29) is 26.9 Å². The van der Waals surface area contributed by atoms with Crippen LogP contribution in [0.2, 0.25) is 10.0 Å². The van der Waals surface area contributed by atoms with Gasteiger partial charge in [0.2, 0.25) is 0 Å². The molecule has 1 atom stereocenters. The first-order chi connectivity index (χ1) is 13.5. The number of nitrogens with one attached hydrogen (secondary N) is 2. The van der Waals surface area contributed by atoms with Gasteiger partial charge in [0.25, 0.3) is 15.9 Å². The Bertz CT molecular complexity index is 1030. The van der Waals surface area contributed by atoms with Crippen molar-refractivity contribution in [2.24, 2.45) is 0 Å². The van der Waals surface area contributed by atoms with Crippen LogP contribution >= 0.6 is 23.2 Å². The quantitative estimate of drug-likeness (QED) is 0.601. The summed E-state index contributed by atoms with van der Waals surface area (Å²) in [4.78, 5) is 1.46. The Labute approximate surface area is 178 Å². The summed E-state index contributed by atoms with van der Waals surface area (Å²) in [5.74, 6) is -2.92. The van der Waals surface area contributed by atoms with E-state index in [0.717, 1.165) is 0 Å². The normalized spacial score (nSPS) is 19.3. The Morgan fingerprint density at radius 1 is 1.24 bits per heavy atom. The molecular formula is C19H19Cl2F2N3O2S. The zero-order valence-electron chi connectivity index (χ0n) is 15.4. The molecule has 2 N–H and O–H groups in total. The van der Waals surface area contributed by atoms with E-state index in [1.54, 1.807) is 6.92 Å². The predicted molar refractivity (Wildman–Crippen MR) is 111 cm³/mol. The average Bonchev–Trinajstić information content (AvgIpc) is 2.96. The van der Waals surface area contributed by atoms with Crippen molar-refractivity contribution in [1.82, 2.24) is 4.90 Å². The Hall–Kier alpha value is -1.74. The van der Waals surface area contributed by atoms with Gasteiger partial charge in [0.1, 0.15) is 0 Å². The second-order valence-electron chi connectivity index (χ2n) is 6.77. The second-order valence-corrected chi connectivity index (χ2v) is 9.30. The molecule has 0 saturated carbocycles. The number of anilines is 1. The van der Waals surface area contributed by atoms with E-state index in [1.807, 2.05) is 0 Å². The van der Waals surface area contributed by atoms with Crippen molar-refractivity contribution in [3.8, 4) is 0 Å². The standard InChI is InChI=1S/C19H19Cl2F2N3O2S/c1-2-26-11-19(22,23)10-16(26)18(24)17-14(21)4-3-5-15(17)25-29(27,28)13-8-6-12(20)7-9-13/h3-9,16,24-25H,2,10-11H2,1H3. The van der Waals surface area contributed by atoms with Crippen molar-refractivity contribution in [3.05, 3.63) is 58.1 Å². The number of nitrogens with zero attached hydrogens (tertiary/aromatic N) is 1. The van der Waals surface area contributed by atoms with Crippen LogP contribution in [0.15, 0.2) is 47.4 Å². The van der Waals surface area contributed by atoms with Crippen LogP contribution in [0.4, 0.5) is 14.5 Å². The number of alkyl halides is 2. The van der Waals surface area contributed by atoms with Crippen LogP contribution in [0.5, 0.6) is 0 Å². The molecule has 1 heterocycles. The van der Waals surface area contributed by atoms with Gasteiger partial charge in [-0.25, -0.2) is 17.2 Å². The monoisotopic (exact) mass is 461 g/mol. The second kappa shape index (κ2) is 8.18. The third-order valence-corrected chi connectivity index (χ3v) is 6.71. The van der Waals surface area contributed by atoms with Crippen LogP contribution in [-0.4, -0.2) is 44.1 Å². The molecule has 2 aromatic rings. The van der Waals surface area contributed by atoms with Crippen LogP contribution < -0.4 is 4.72 Å². The van der Waals surface area contributed by atoms with E-state index in [2.05, 4.69) is 4.72 Å². The van der Waals surface area contributed by atoms with Crippen molar-refractivity contribution in [1.29, 1.82) is 5.41 Å². The maximum Gasteiger partial charge on any atom is 0.262 e. The third kappa shape index (κ3) is 4.71. The van der Waals surface area contributed by atoms with Gasteiger partial charge in [-0.15, -0.1) is 0 Å². The molecule has 0 radical (unpaired) electrons. The lowest BCUT2D eigenvalue weighted by molar-refractivity contribution is 0.0126. The molecule has 156 valence electrons. The van der Waals surface area contributed by atoms with Gasteiger partial charge >= 0.3 is 0 Å². The van der Waals surface area contributed by atoms with Gasteiger partial charge in [0.05, 0.1) is 33.9 Å². The summed E-state index contributed by atoms with van der Waals surface area (Å²) in [5, 5.41) is 9.04. The summed E-state index contributed by atoms with van der Waals surface area (Å²) < 4.78 is 55.8. The Balaban J connectivity index is 1.98. The van der Waals surface area contributed by atoms with Crippen LogP contribution in [-0.2, 0) is 10.0 Å². The Kier molecular flexibility index (Phi) is 6.19. The van der Waals surface area contributed by atoms with Crippen molar-refractivity contribution in [2.75, 3.05) is 17.8 Å². The first-order valence-corrected chi connectivity index (χ1v) is 11.1. The molecule has 1 saturated heterocycles. The molecule has 0 amide bonds. The maximum atomic E-state index is 13.9. The molecule has 1 fully saturated rings. The molecule has 1 aliphatic rings. The van der Waals surface area contributed by atoms with Gasteiger partial charge in [0, 0.05) is 17.0 Å². The van der Waals surface area contributed by atoms with Crippen LogP contribution in [0.1, 0.15) is 18.9 Å². The van der Waals surface area contributed by atoms with E-state index >= 15 is 0 Å². The van der Waals surface area contributed by atoms with E-state index in [1.165, 1.54) is 47.4 Å². The highest BCUT2D eigenvalue weighted by Crippen LogP contribution is 2.36. The number of hydrogen-bond donors (Lipinski definition) is 2. The van der Waals surface area contributed by atoms with Gasteiger partial charge < -0.3 is 5.41 Å². The molecule has 0 aliphatic carbocycles. The number of halogens is 4. The van der Waals surface area contributed by atoms with Gasteiger partial charge in [-0.05, 0) is 42.9 Å². The number of benzene rings is 2. The summed E-state index contributed by atoms with van der Waals surface area (Å²) in [6, 6.07) is 9.18. The first kappa shape index (κ1) is 22.0. The highest BCUT2D eigenvalue weighted by Gasteiger charge is 2.46. The maximum absolute atomic E-state index is 13.9. The lowest BCUT2D eigenvalue weighted by atomic mass is 9.99. The Morgan fingerprint density at radius 2 is 1.90 bits per heavy atom. The minimum atomic E-state index is -3.99. The minimum Gasteiger partial charge on any atom is -0.303 e. The van der Waals surface area contributed by atoms with E-state index in [0.29, 0.717) is 11.6 Å². The molecule has 1 unspecified atom stereocenters. The predicted octanol–water partition coefficient (Wildman–Crippen LogP) is 4.89. The highest BCUT2D eigenvalue weighted by molar-refractivity contribution is 7.92. The average molecular weight is 462 g/mol. The SMILES string of the molecule is CCN1CC(F)(F)CC1C(=N)c1c(Cl)cccc1NS(=O)(=O)c1ccc(Cl)cc1. The minimum absolute atomic E-state index is 0.0260. The van der Waals surface area contributed by atoms with Gasteiger partial charge in [0.15, 0.2) is 0 Å². The number of likely N-dealkylation sites (tertiary alicyclic amines) is 1. The molecular weight excluding hydrogens is 443 g/mol. The van der Waals surface area contributed by atoms with E-state index < -0.39 is 35.0 Å². The van der Waals surface area contributed by atoms with Crippen molar-refractivity contribution >= 4 is 44.6 Å². The third-order valence-electron chi connectivity index (χ3n) is 4.76. The summed E-state index contributed by atoms with van der Waals surface area (Å²) >= 11 is 12.1. The first-order valence-electron chi connectivity index (χ1n) is 8.81. The summed E-state index contributed by atoms with van der Waals surface area (Å²) in [7, 11) is -3.99. The zero-order valence-corrected chi connectivity index (χ0v) is 17.8. The topological polar surface area (TPSA) is 73.3 Å². The van der Waals surface area contributed by atoms with E-state index in [9.17, 15) is 17.2 Å². The van der Waals surface area contributed by atoms with Gasteiger partial charge in [-0.3, -0.25) is 9.62 Å². The fourth-order valence-electron chi connectivity index (χ4n) is 3.37. The van der Waals surface area contributed by atoms with Crippen molar-refractivity contribution in [3.63, 3.8) is 0 Å². The van der Waals surface area contributed by atoms with E-state index in [4.69, 9.17) is 28.6 Å². The largest absolute Gasteiger partial charge is 0.303 e. The lowest BCUT2D eigenvalue weighted by Gasteiger charge is -2.24. The van der Waals surface area contributed by atoms with Crippen LogP contribution in [0.3, 0.4) is 0 Å². The fraction of sp³-hybridized carbons (Fsp3) is 0.316. The molecule has 0 spiro atoms. The number of hydrogen-bond acceptors (Lipinski definition) is 4. The van der Waals surface area contributed by atoms with Gasteiger partial charge in [-0.2, -0.15) is 0 Å². The Morgan fingerprint density at radius 3 is 2.52 bits per heavy atom.